The van der Waals surface area contributed by atoms with Crippen LogP contribution in [0.1, 0.15) is 71.3 Å². The molecule has 2 saturated carbocycles. The van der Waals surface area contributed by atoms with Crippen molar-refractivity contribution in [3.63, 3.8) is 0 Å². The first-order chi connectivity index (χ1) is 14.7. The maximum Gasteiger partial charge on any atom is 0.226 e. The molecule has 1 amide bonds. The highest BCUT2D eigenvalue weighted by atomic mass is 127. The standard InChI is InChI=1S/C27H36INO2/c1-25(28)15-12-22-20(17-25)10-11-23-26(22,2)13-7-14-27(23,3)24(31)29-21(18-30)16-19-8-5-4-6-9-19/h4-6,8-9,12,18,20-21,23H,7,10-11,13-17H2,1-3H3,(H,29,31)/t20?,21-,23?,25-,26-,27+/m0/s1. The molecule has 1 aromatic carbocycles. The van der Waals surface area contributed by atoms with Crippen molar-refractivity contribution in [2.75, 3.05) is 0 Å². The van der Waals surface area contributed by atoms with Gasteiger partial charge in [-0.25, -0.2) is 0 Å². The summed E-state index contributed by atoms with van der Waals surface area (Å²) >= 11 is 2.63. The van der Waals surface area contributed by atoms with E-state index in [0.717, 1.165) is 37.5 Å². The second-order valence-electron chi connectivity index (χ2n) is 10.9. The van der Waals surface area contributed by atoms with E-state index in [-0.39, 0.29) is 11.3 Å². The van der Waals surface area contributed by atoms with Crippen LogP contribution >= 0.6 is 22.6 Å². The van der Waals surface area contributed by atoms with Crippen LogP contribution in [0, 0.1) is 22.7 Å². The lowest BCUT2D eigenvalue weighted by atomic mass is 9.46. The number of carbonyl (C=O) groups is 2. The molecule has 0 heterocycles. The molecule has 3 aliphatic rings. The van der Waals surface area contributed by atoms with Gasteiger partial charge in [0.15, 0.2) is 0 Å². The summed E-state index contributed by atoms with van der Waals surface area (Å²) < 4.78 is 0.360. The van der Waals surface area contributed by atoms with Gasteiger partial charge in [-0.1, -0.05) is 91.8 Å². The first kappa shape index (κ1) is 23.0. The number of amides is 1. The largest absolute Gasteiger partial charge is 0.346 e. The van der Waals surface area contributed by atoms with E-state index in [0.29, 0.717) is 21.7 Å². The molecule has 1 aromatic rings. The second-order valence-corrected chi connectivity index (χ2v) is 13.5. The van der Waals surface area contributed by atoms with E-state index >= 15 is 0 Å². The van der Waals surface area contributed by atoms with E-state index in [1.165, 1.54) is 19.3 Å². The molecule has 3 aliphatic carbocycles. The molecule has 3 nitrogen and oxygen atoms in total. The second kappa shape index (κ2) is 8.64. The maximum atomic E-state index is 13.6. The molecular formula is C27H36INO2. The molecule has 0 radical (unpaired) electrons. The van der Waals surface area contributed by atoms with Crippen LogP contribution in [-0.2, 0) is 16.0 Å². The smallest absolute Gasteiger partial charge is 0.226 e. The molecule has 31 heavy (non-hydrogen) atoms. The van der Waals surface area contributed by atoms with Gasteiger partial charge in [-0.15, -0.1) is 0 Å². The minimum absolute atomic E-state index is 0.0741. The van der Waals surface area contributed by atoms with Gasteiger partial charge in [-0.05, 0) is 67.8 Å². The fourth-order valence-electron chi connectivity index (χ4n) is 6.98. The molecule has 4 rings (SSSR count). The number of rotatable bonds is 5. The molecule has 0 bridgehead atoms. The van der Waals surface area contributed by atoms with Crippen LogP contribution in [0.2, 0.25) is 0 Å². The molecule has 1 N–H and O–H groups in total. The number of benzene rings is 1. The Labute approximate surface area is 201 Å². The van der Waals surface area contributed by atoms with Crippen molar-refractivity contribution in [1.82, 2.24) is 5.32 Å². The summed E-state index contributed by atoms with van der Waals surface area (Å²) in [6, 6.07) is 9.48. The Morgan fingerprint density at radius 1 is 1.19 bits per heavy atom. The summed E-state index contributed by atoms with van der Waals surface area (Å²) in [6.07, 6.45) is 11.8. The van der Waals surface area contributed by atoms with Crippen LogP contribution in [0.15, 0.2) is 42.0 Å². The molecule has 0 saturated heterocycles. The number of hydrogen-bond acceptors (Lipinski definition) is 2. The quantitative estimate of drug-likeness (QED) is 0.217. The zero-order chi connectivity index (χ0) is 22.3. The lowest BCUT2D eigenvalue weighted by Crippen LogP contribution is -2.57. The Morgan fingerprint density at radius 3 is 2.65 bits per heavy atom. The Bertz CT molecular complexity index is 863. The number of aldehydes is 1. The third kappa shape index (κ3) is 4.38. The van der Waals surface area contributed by atoms with Crippen LogP contribution in [0.4, 0.5) is 0 Å². The predicted molar refractivity (Wildman–Crippen MR) is 134 cm³/mol. The molecule has 168 valence electrons. The van der Waals surface area contributed by atoms with Crippen LogP contribution in [0.5, 0.6) is 0 Å². The lowest BCUT2D eigenvalue weighted by Gasteiger charge is -2.58. The van der Waals surface area contributed by atoms with E-state index in [9.17, 15) is 9.59 Å². The Kier molecular flexibility index (Phi) is 6.41. The molecule has 2 unspecified atom stereocenters. The number of alkyl halides is 1. The van der Waals surface area contributed by atoms with Gasteiger partial charge in [0.05, 0.1) is 11.5 Å². The summed E-state index contributed by atoms with van der Waals surface area (Å²) in [5.74, 6) is 1.09. The monoisotopic (exact) mass is 533 g/mol. The summed E-state index contributed by atoms with van der Waals surface area (Å²) in [5, 5.41) is 3.13. The van der Waals surface area contributed by atoms with E-state index < -0.39 is 11.5 Å². The highest BCUT2D eigenvalue weighted by Gasteiger charge is 2.57. The van der Waals surface area contributed by atoms with Crippen molar-refractivity contribution >= 4 is 34.8 Å². The highest BCUT2D eigenvalue weighted by Crippen LogP contribution is 2.63. The van der Waals surface area contributed by atoms with Crippen molar-refractivity contribution in [1.29, 1.82) is 0 Å². The van der Waals surface area contributed by atoms with Crippen LogP contribution in [0.3, 0.4) is 0 Å². The molecule has 0 spiro atoms. The van der Waals surface area contributed by atoms with E-state index in [1.807, 2.05) is 30.3 Å². The Balaban J connectivity index is 1.55. The van der Waals surface area contributed by atoms with Crippen molar-refractivity contribution in [2.45, 2.75) is 81.6 Å². The average Bonchev–Trinajstić information content (AvgIpc) is 2.72. The predicted octanol–water partition coefficient (Wildman–Crippen LogP) is 6.05. The molecule has 6 atom stereocenters. The summed E-state index contributed by atoms with van der Waals surface area (Å²) in [4.78, 5) is 25.5. The van der Waals surface area contributed by atoms with Gasteiger partial charge in [-0.2, -0.15) is 0 Å². The minimum atomic E-state index is -0.468. The van der Waals surface area contributed by atoms with E-state index in [2.05, 4.69) is 54.8 Å². The van der Waals surface area contributed by atoms with Crippen LogP contribution in [0.25, 0.3) is 0 Å². The number of allylic oxidation sites excluding steroid dienone is 2. The van der Waals surface area contributed by atoms with Crippen molar-refractivity contribution in [3.8, 4) is 0 Å². The first-order valence-corrected chi connectivity index (χ1v) is 13.0. The number of halogens is 1. The van der Waals surface area contributed by atoms with Crippen molar-refractivity contribution < 1.29 is 9.59 Å². The summed E-state index contributed by atoms with van der Waals surface area (Å²) in [5.41, 5.74) is 2.40. The fourth-order valence-corrected chi connectivity index (χ4v) is 7.74. The fraction of sp³-hybridized carbons (Fsp3) is 0.630. The van der Waals surface area contributed by atoms with Crippen molar-refractivity contribution in [3.05, 3.63) is 47.5 Å². The van der Waals surface area contributed by atoms with Gasteiger partial charge in [0.2, 0.25) is 5.91 Å². The molecule has 4 heteroatoms. The number of fused-ring (bicyclic) bond motifs is 3. The van der Waals surface area contributed by atoms with Gasteiger partial charge in [-0.3, -0.25) is 4.79 Å². The zero-order valence-electron chi connectivity index (χ0n) is 19.1. The SMILES string of the molecule is C[C@]1(I)CC=C2C(CCC3[C@](C)(C(=O)N[C@H](C=O)Cc4ccccc4)CCC[C@@]23C)C1. The molecular weight excluding hydrogens is 497 g/mol. The van der Waals surface area contributed by atoms with E-state index in [1.54, 1.807) is 5.57 Å². The Hall–Kier alpha value is -1.17. The number of nitrogens with one attached hydrogen (secondary N) is 1. The van der Waals surface area contributed by atoms with E-state index in [4.69, 9.17) is 0 Å². The number of carbonyl (C=O) groups excluding carboxylic acids is 2. The average molecular weight is 533 g/mol. The van der Waals surface area contributed by atoms with Gasteiger partial charge in [0, 0.05) is 3.42 Å². The first-order valence-electron chi connectivity index (χ1n) is 11.9. The summed E-state index contributed by atoms with van der Waals surface area (Å²) in [7, 11) is 0. The number of hydrogen-bond donors (Lipinski definition) is 1. The maximum absolute atomic E-state index is 13.6. The van der Waals surface area contributed by atoms with Crippen molar-refractivity contribution in [2.24, 2.45) is 22.7 Å². The normalized spacial score (nSPS) is 38.3. The molecule has 2 fully saturated rings. The van der Waals surface area contributed by atoms with Gasteiger partial charge >= 0.3 is 0 Å². The van der Waals surface area contributed by atoms with Crippen LogP contribution in [-0.4, -0.2) is 21.7 Å². The summed E-state index contributed by atoms with van der Waals surface area (Å²) in [6.45, 7) is 6.97. The van der Waals surface area contributed by atoms with Gasteiger partial charge in [0.25, 0.3) is 0 Å². The third-order valence-electron chi connectivity index (χ3n) is 8.55. The lowest BCUT2D eigenvalue weighted by molar-refractivity contribution is -0.143. The third-order valence-corrected chi connectivity index (χ3v) is 9.43. The minimum Gasteiger partial charge on any atom is -0.346 e. The van der Waals surface area contributed by atoms with Gasteiger partial charge in [0.1, 0.15) is 6.29 Å². The zero-order valence-corrected chi connectivity index (χ0v) is 21.3. The Morgan fingerprint density at radius 2 is 1.94 bits per heavy atom. The molecule has 0 aliphatic heterocycles. The molecule has 0 aromatic heterocycles. The highest BCUT2D eigenvalue weighted by molar-refractivity contribution is 14.1. The van der Waals surface area contributed by atoms with Crippen LogP contribution < -0.4 is 5.32 Å². The van der Waals surface area contributed by atoms with Gasteiger partial charge < -0.3 is 10.1 Å². The topological polar surface area (TPSA) is 46.2 Å².